The molecule has 0 fully saturated rings. The number of halogens is 2. The standard InChI is InChI=1S/C14H12I2/c1-10(11-4-2-6-13(15)8-11)12-5-3-7-14(16)9-12/h2-10H,1H3. The Morgan fingerprint density at radius 1 is 0.812 bits per heavy atom. The van der Waals surface area contributed by atoms with Crippen molar-refractivity contribution < 1.29 is 0 Å². The zero-order chi connectivity index (χ0) is 11.5. The molecular weight excluding hydrogens is 422 g/mol. The summed E-state index contributed by atoms with van der Waals surface area (Å²) < 4.78 is 2.60. The molecule has 0 N–H and O–H groups in total. The molecular formula is C14H12I2. The lowest BCUT2D eigenvalue weighted by Crippen LogP contribution is -1.96. The zero-order valence-electron chi connectivity index (χ0n) is 8.95. The van der Waals surface area contributed by atoms with Crippen LogP contribution < -0.4 is 0 Å². The number of hydrogen-bond acceptors (Lipinski definition) is 0. The summed E-state index contributed by atoms with van der Waals surface area (Å²) >= 11 is 4.73. The molecule has 0 aliphatic heterocycles. The fraction of sp³-hybridized carbons (Fsp3) is 0.143. The van der Waals surface area contributed by atoms with Gasteiger partial charge in [-0.1, -0.05) is 31.2 Å². The molecule has 0 saturated carbocycles. The summed E-state index contributed by atoms with van der Waals surface area (Å²) in [6, 6.07) is 17.4. The first-order valence-corrected chi connectivity index (χ1v) is 7.33. The highest BCUT2D eigenvalue weighted by atomic mass is 127. The van der Waals surface area contributed by atoms with Gasteiger partial charge in [0.05, 0.1) is 0 Å². The third-order valence-electron chi connectivity index (χ3n) is 2.70. The van der Waals surface area contributed by atoms with Crippen molar-refractivity contribution in [3.05, 3.63) is 66.8 Å². The number of hydrogen-bond donors (Lipinski definition) is 0. The molecule has 0 heterocycles. The first-order valence-electron chi connectivity index (χ1n) is 5.18. The lowest BCUT2D eigenvalue weighted by molar-refractivity contribution is 0.920. The summed E-state index contributed by atoms with van der Waals surface area (Å²) in [6.07, 6.45) is 0. The van der Waals surface area contributed by atoms with Crippen molar-refractivity contribution >= 4 is 45.2 Å². The van der Waals surface area contributed by atoms with Gasteiger partial charge in [0.1, 0.15) is 0 Å². The molecule has 2 aromatic rings. The van der Waals surface area contributed by atoms with Crippen LogP contribution in [0.1, 0.15) is 24.0 Å². The highest BCUT2D eigenvalue weighted by Gasteiger charge is 2.08. The van der Waals surface area contributed by atoms with E-state index in [-0.39, 0.29) is 0 Å². The van der Waals surface area contributed by atoms with Crippen LogP contribution in [0.15, 0.2) is 48.5 Å². The molecule has 0 unspecified atom stereocenters. The molecule has 16 heavy (non-hydrogen) atoms. The second kappa shape index (κ2) is 5.49. The summed E-state index contributed by atoms with van der Waals surface area (Å²) in [6.45, 7) is 2.26. The van der Waals surface area contributed by atoms with Crippen molar-refractivity contribution in [2.24, 2.45) is 0 Å². The van der Waals surface area contributed by atoms with Crippen LogP contribution >= 0.6 is 45.2 Å². The lowest BCUT2D eigenvalue weighted by atomic mass is 9.93. The summed E-state index contributed by atoms with van der Waals surface area (Å²) in [5.41, 5.74) is 2.77. The molecule has 0 aromatic heterocycles. The normalized spacial score (nSPS) is 10.8. The topological polar surface area (TPSA) is 0 Å². The smallest absolute Gasteiger partial charge is 0.0133 e. The Bertz CT molecular complexity index is 446. The minimum Gasteiger partial charge on any atom is -0.0609 e. The molecule has 2 rings (SSSR count). The van der Waals surface area contributed by atoms with Crippen LogP contribution in [0.3, 0.4) is 0 Å². The SMILES string of the molecule is CC(c1cccc(I)c1)c1cccc(I)c1. The summed E-state index contributed by atoms with van der Waals surface area (Å²) in [7, 11) is 0. The van der Waals surface area contributed by atoms with Gasteiger partial charge in [-0.3, -0.25) is 0 Å². The molecule has 2 heteroatoms. The van der Waals surface area contributed by atoms with E-state index in [1.54, 1.807) is 0 Å². The largest absolute Gasteiger partial charge is 0.0609 e. The predicted molar refractivity (Wildman–Crippen MR) is 85.8 cm³/mol. The van der Waals surface area contributed by atoms with Gasteiger partial charge < -0.3 is 0 Å². The maximum Gasteiger partial charge on any atom is 0.0133 e. The molecule has 82 valence electrons. The Morgan fingerprint density at radius 3 is 1.62 bits per heavy atom. The zero-order valence-corrected chi connectivity index (χ0v) is 13.3. The maximum atomic E-state index is 2.36. The van der Waals surface area contributed by atoms with E-state index in [9.17, 15) is 0 Å². The molecule has 2 aromatic carbocycles. The van der Waals surface area contributed by atoms with E-state index in [0.29, 0.717) is 5.92 Å². The van der Waals surface area contributed by atoms with Gasteiger partial charge in [-0.2, -0.15) is 0 Å². The van der Waals surface area contributed by atoms with Gasteiger partial charge in [0.15, 0.2) is 0 Å². The molecule has 0 bridgehead atoms. The van der Waals surface area contributed by atoms with Crippen molar-refractivity contribution in [2.75, 3.05) is 0 Å². The first-order chi connectivity index (χ1) is 7.66. The third kappa shape index (κ3) is 2.97. The fourth-order valence-electron chi connectivity index (χ4n) is 1.74. The Balaban J connectivity index is 2.35. The summed E-state index contributed by atoms with van der Waals surface area (Å²) in [5.74, 6) is 0.462. The van der Waals surface area contributed by atoms with Gasteiger partial charge in [0.25, 0.3) is 0 Å². The van der Waals surface area contributed by atoms with Crippen LogP contribution in [-0.4, -0.2) is 0 Å². The quantitative estimate of drug-likeness (QED) is 0.581. The van der Waals surface area contributed by atoms with Crippen LogP contribution in [0.4, 0.5) is 0 Å². The highest BCUT2D eigenvalue weighted by molar-refractivity contribution is 14.1. The molecule has 0 aliphatic rings. The van der Waals surface area contributed by atoms with Gasteiger partial charge >= 0.3 is 0 Å². The van der Waals surface area contributed by atoms with Crippen molar-refractivity contribution in [1.82, 2.24) is 0 Å². The van der Waals surface area contributed by atoms with E-state index in [2.05, 4.69) is 101 Å². The van der Waals surface area contributed by atoms with Gasteiger partial charge in [-0.05, 0) is 80.6 Å². The van der Waals surface area contributed by atoms with E-state index >= 15 is 0 Å². The Kier molecular flexibility index (Phi) is 4.24. The lowest BCUT2D eigenvalue weighted by Gasteiger charge is -2.13. The molecule has 0 saturated heterocycles. The van der Waals surface area contributed by atoms with Crippen LogP contribution in [0.5, 0.6) is 0 Å². The first kappa shape index (κ1) is 12.4. The van der Waals surface area contributed by atoms with Crippen molar-refractivity contribution in [3.8, 4) is 0 Å². The van der Waals surface area contributed by atoms with Crippen LogP contribution in [0, 0.1) is 7.14 Å². The second-order valence-corrected chi connectivity index (χ2v) is 6.32. The van der Waals surface area contributed by atoms with Gasteiger partial charge in [-0.25, -0.2) is 0 Å². The van der Waals surface area contributed by atoms with E-state index in [0.717, 1.165) is 0 Å². The molecule has 0 atom stereocenters. The van der Waals surface area contributed by atoms with E-state index in [4.69, 9.17) is 0 Å². The summed E-state index contributed by atoms with van der Waals surface area (Å²) in [5, 5.41) is 0. The van der Waals surface area contributed by atoms with Gasteiger partial charge in [-0.15, -0.1) is 0 Å². The predicted octanol–water partition coefficient (Wildman–Crippen LogP) is 5.05. The van der Waals surface area contributed by atoms with E-state index in [1.807, 2.05) is 0 Å². The average Bonchev–Trinajstić information content (AvgIpc) is 2.28. The second-order valence-electron chi connectivity index (χ2n) is 3.83. The monoisotopic (exact) mass is 434 g/mol. The number of rotatable bonds is 2. The molecule has 0 amide bonds. The molecule has 0 nitrogen and oxygen atoms in total. The molecule has 0 aliphatic carbocycles. The van der Waals surface area contributed by atoms with Crippen LogP contribution in [0.2, 0.25) is 0 Å². The van der Waals surface area contributed by atoms with E-state index < -0.39 is 0 Å². The Labute approximate surface area is 124 Å². The van der Waals surface area contributed by atoms with Crippen molar-refractivity contribution in [1.29, 1.82) is 0 Å². The van der Waals surface area contributed by atoms with Crippen molar-refractivity contribution in [2.45, 2.75) is 12.8 Å². The van der Waals surface area contributed by atoms with Crippen LogP contribution in [-0.2, 0) is 0 Å². The number of benzene rings is 2. The Morgan fingerprint density at radius 2 is 1.25 bits per heavy atom. The molecule has 0 spiro atoms. The highest BCUT2D eigenvalue weighted by Crippen LogP contribution is 2.26. The summed E-state index contributed by atoms with van der Waals surface area (Å²) in [4.78, 5) is 0. The fourth-order valence-corrected chi connectivity index (χ4v) is 2.88. The van der Waals surface area contributed by atoms with Crippen LogP contribution in [0.25, 0.3) is 0 Å². The minimum absolute atomic E-state index is 0.462. The average molecular weight is 434 g/mol. The van der Waals surface area contributed by atoms with Crippen molar-refractivity contribution in [3.63, 3.8) is 0 Å². The molecule has 0 radical (unpaired) electrons. The van der Waals surface area contributed by atoms with Gasteiger partial charge in [0.2, 0.25) is 0 Å². The third-order valence-corrected chi connectivity index (χ3v) is 4.04. The minimum atomic E-state index is 0.462. The maximum absolute atomic E-state index is 2.36. The van der Waals surface area contributed by atoms with E-state index in [1.165, 1.54) is 18.3 Å². The van der Waals surface area contributed by atoms with Gasteiger partial charge in [0, 0.05) is 13.1 Å². The Hall–Kier alpha value is -0.100.